The van der Waals surface area contributed by atoms with Crippen LogP contribution in [0.4, 0.5) is 0 Å². The molecule has 1 aromatic heterocycles. The van der Waals surface area contributed by atoms with Crippen LogP contribution in [-0.4, -0.2) is 33.5 Å². The van der Waals surface area contributed by atoms with Gasteiger partial charge in [-0.15, -0.1) is 0 Å². The van der Waals surface area contributed by atoms with Crippen molar-refractivity contribution in [3.8, 4) is 0 Å². The van der Waals surface area contributed by atoms with Crippen molar-refractivity contribution >= 4 is 29.6 Å². The number of nitrogens with zero attached hydrogens (tertiary/aromatic N) is 1. The van der Waals surface area contributed by atoms with Gasteiger partial charge in [-0.2, -0.15) is 0 Å². The number of allylic oxidation sites excluding steroid dienone is 1. The van der Waals surface area contributed by atoms with Crippen LogP contribution in [-0.2, 0) is 20.8 Å². The molecule has 2 fully saturated rings. The van der Waals surface area contributed by atoms with Gasteiger partial charge in [0.15, 0.2) is 5.78 Å². The van der Waals surface area contributed by atoms with Crippen molar-refractivity contribution in [2.45, 2.75) is 179 Å². The third-order valence-corrected chi connectivity index (χ3v) is 12.2. The van der Waals surface area contributed by atoms with Crippen molar-refractivity contribution in [1.82, 2.24) is 9.97 Å². The fourth-order valence-corrected chi connectivity index (χ4v) is 8.88. The maximum Gasteiger partial charge on any atom is 0.156 e. The van der Waals surface area contributed by atoms with Crippen LogP contribution in [0.3, 0.4) is 0 Å². The monoisotopic (exact) mass is 798 g/mol. The zero-order chi connectivity index (χ0) is 41.0. The first-order valence-corrected chi connectivity index (χ1v) is 21.7. The molecule has 2 aromatic carbocycles. The van der Waals surface area contributed by atoms with Gasteiger partial charge in [-0.1, -0.05) is 104 Å². The number of aromatic nitrogens is 2. The van der Waals surface area contributed by atoms with E-state index in [9.17, 15) is 14.4 Å². The first kappa shape index (κ1) is 52.1. The number of benzene rings is 2. The van der Waals surface area contributed by atoms with E-state index in [1.54, 1.807) is 6.92 Å². The van der Waals surface area contributed by atoms with Crippen molar-refractivity contribution in [2.75, 3.05) is 0 Å². The Kier molecular flexibility index (Phi) is 24.9. The average molecular weight is 798 g/mol. The Morgan fingerprint density at radius 2 is 1.57 bits per heavy atom. The van der Waals surface area contributed by atoms with Gasteiger partial charge in [-0.3, -0.25) is 9.59 Å². The summed E-state index contributed by atoms with van der Waals surface area (Å²) in [5.41, 5.74) is 7.97. The van der Waals surface area contributed by atoms with Crippen LogP contribution in [0.2, 0.25) is 0 Å². The van der Waals surface area contributed by atoms with Gasteiger partial charge in [-0.05, 0) is 162 Å². The fourth-order valence-electron chi connectivity index (χ4n) is 8.88. The number of H-pyrrole nitrogens is 1. The standard InChI is InChI=1S/C30H45N3O.C17H22O.C3H6O.2CH4.H2/c1-5-8-25(26-9-6-11-27(14-13-26)30-32-15-16-33-30)10-7-12-29(34)22(3)18-24-17-21(2)23(4)28(19-24)20-31;1-13-8-6-7-11-16(13)12-17(14(2)18)15-9-4-3-5-10-15;1-3(2)4;;;/h15-17,19-20,22,25-27,31H,5-14,18H2,1-4H3,(H,32,33);6-8,11-12,15H,3-5,9-10H2,1-2H3;1-2H3;2*1H4;1H/b;17-12+;;;;/t22-,25?,26?,27?;;;;;/m1...../s1. The van der Waals surface area contributed by atoms with E-state index in [1.165, 1.54) is 132 Å². The predicted molar refractivity (Wildman–Crippen MR) is 250 cm³/mol. The van der Waals surface area contributed by atoms with Crippen molar-refractivity contribution in [3.63, 3.8) is 0 Å². The number of carbonyl (C=O) groups is 3. The highest BCUT2D eigenvalue weighted by Gasteiger charge is 2.27. The topological polar surface area (TPSA) is 104 Å². The lowest BCUT2D eigenvalue weighted by Crippen LogP contribution is -2.17. The molecule has 0 saturated heterocycles. The molecule has 0 radical (unpaired) electrons. The molecule has 2 aliphatic rings. The number of aryl methyl sites for hydroxylation is 2. The molecule has 6 nitrogen and oxygen atoms in total. The second kappa shape index (κ2) is 27.7. The molecule has 6 heteroatoms. The number of hydrogen-bond acceptors (Lipinski definition) is 5. The molecule has 58 heavy (non-hydrogen) atoms. The molecule has 0 spiro atoms. The number of hydrogen-bond donors (Lipinski definition) is 2. The van der Waals surface area contributed by atoms with E-state index in [-0.39, 0.29) is 33.8 Å². The fraction of sp³-hybridized carbons (Fsp3) is 0.596. The Morgan fingerprint density at radius 1 is 0.879 bits per heavy atom. The normalized spacial score (nSPS) is 18.0. The van der Waals surface area contributed by atoms with E-state index in [1.807, 2.05) is 24.5 Å². The van der Waals surface area contributed by atoms with E-state index in [4.69, 9.17) is 5.41 Å². The summed E-state index contributed by atoms with van der Waals surface area (Å²) < 4.78 is 0. The molecular formula is C52H83N3O3. The van der Waals surface area contributed by atoms with Crippen molar-refractivity contribution in [1.29, 1.82) is 5.41 Å². The molecule has 2 aliphatic carbocycles. The van der Waals surface area contributed by atoms with E-state index in [0.29, 0.717) is 24.0 Å². The summed E-state index contributed by atoms with van der Waals surface area (Å²) in [6.07, 6.45) is 26.2. The SMILES string of the molecule is C.C.CC(=O)/C(=C\c1ccccc1C)C1CCCCC1.CC(C)=O.CCCC(CCCC(=O)[C@H](C)Cc1cc(C)c(C)c(C=N)c1)C1CCCC(c2ncc[nH]2)CC1.[HH]. The molecule has 0 bridgehead atoms. The van der Waals surface area contributed by atoms with Crippen LogP contribution in [0.1, 0.15) is 192 Å². The highest BCUT2D eigenvalue weighted by Crippen LogP contribution is 2.39. The largest absolute Gasteiger partial charge is 0.348 e. The minimum atomic E-state index is 0. The first-order chi connectivity index (χ1) is 26.8. The average Bonchev–Trinajstić information content (AvgIpc) is 3.60. The number of Topliss-reactive ketones (excluding diaryl/α,β-unsaturated/α-hetero) is 3. The zero-order valence-corrected chi connectivity index (χ0v) is 36.1. The molecule has 4 atom stereocenters. The highest BCUT2D eigenvalue weighted by molar-refractivity contribution is 5.98. The van der Waals surface area contributed by atoms with E-state index < -0.39 is 0 Å². The van der Waals surface area contributed by atoms with Crippen LogP contribution in [0.25, 0.3) is 6.08 Å². The first-order valence-electron chi connectivity index (χ1n) is 21.7. The zero-order valence-electron chi connectivity index (χ0n) is 36.1. The molecule has 1 heterocycles. The third kappa shape index (κ3) is 17.5. The molecule has 0 amide bonds. The molecule has 3 aromatic rings. The van der Waals surface area contributed by atoms with E-state index in [2.05, 4.69) is 74.9 Å². The van der Waals surface area contributed by atoms with Gasteiger partial charge in [0.2, 0.25) is 0 Å². The number of ketones is 3. The van der Waals surface area contributed by atoms with E-state index >= 15 is 0 Å². The summed E-state index contributed by atoms with van der Waals surface area (Å²) in [5, 5.41) is 7.66. The number of imidazole rings is 1. The summed E-state index contributed by atoms with van der Waals surface area (Å²) in [6.45, 7) is 15.4. The maximum atomic E-state index is 12.9. The number of nitrogens with one attached hydrogen (secondary N) is 2. The molecule has 3 unspecified atom stereocenters. The van der Waals surface area contributed by atoms with Crippen molar-refractivity contribution in [3.05, 3.63) is 93.6 Å². The lowest BCUT2D eigenvalue weighted by molar-refractivity contribution is -0.122. The Morgan fingerprint density at radius 3 is 2.17 bits per heavy atom. The van der Waals surface area contributed by atoms with E-state index in [0.717, 1.165) is 41.4 Å². The summed E-state index contributed by atoms with van der Waals surface area (Å²) in [6, 6.07) is 12.5. The van der Waals surface area contributed by atoms with Crippen molar-refractivity contribution < 1.29 is 15.8 Å². The molecule has 0 aliphatic heterocycles. The number of aromatic amines is 1. The van der Waals surface area contributed by atoms with Gasteiger partial charge in [0.1, 0.15) is 17.4 Å². The maximum absolute atomic E-state index is 12.9. The summed E-state index contributed by atoms with van der Waals surface area (Å²) in [4.78, 5) is 42.1. The predicted octanol–water partition coefficient (Wildman–Crippen LogP) is 14.4. The molecule has 324 valence electrons. The quantitative estimate of drug-likeness (QED) is 0.0907. The number of carbonyl (C=O) groups excluding carboxylic acids is 3. The Labute approximate surface area is 355 Å². The van der Waals surface area contributed by atoms with Crippen LogP contribution >= 0.6 is 0 Å². The smallest absolute Gasteiger partial charge is 0.156 e. The van der Waals surface area contributed by atoms with Crippen molar-refractivity contribution in [2.24, 2.45) is 23.7 Å². The van der Waals surface area contributed by atoms with Crippen LogP contribution in [0, 0.1) is 49.9 Å². The van der Waals surface area contributed by atoms with Crippen LogP contribution in [0.15, 0.2) is 54.4 Å². The van der Waals surface area contributed by atoms with Gasteiger partial charge < -0.3 is 15.2 Å². The van der Waals surface area contributed by atoms with Gasteiger partial charge in [0.05, 0.1) is 0 Å². The third-order valence-electron chi connectivity index (χ3n) is 12.2. The Bertz CT molecular complexity index is 1700. The number of rotatable bonds is 15. The lowest BCUT2D eigenvalue weighted by atomic mass is 9.79. The van der Waals surface area contributed by atoms with Crippen LogP contribution in [0.5, 0.6) is 0 Å². The second-order valence-corrected chi connectivity index (χ2v) is 17.0. The molecular weight excluding hydrogens is 715 g/mol. The molecule has 2 saturated carbocycles. The minimum Gasteiger partial charge on any atom is -0.348 e. The van der Waals surface area contributed by atoms with Gasteiger partial charge in [0, 0.05) is 38.3 Å². The van der Waals surface area contributed by atoms with Gasteiger partial charge in [-0.25, -0.2) is 4.98 Å². The van der Waals surface area contributed by atoms with Crippen LogP contribution < -0.4 is 0 Å². The summed E-state index contributed by atoms with van der Waals surface area (Å²) in [5.74, 6) is 4.62. The highest BCUT2D eigenvalue weighted by atomic mass is 16.1. The Balaban J connectivity index is 0.00000114. The summed E-state index contributed by atoms with van der Waals surface area (Å²) in [7, 11) is 0. The molecule has 2 N–H and O–H groups in total. The lowest BCUT2D eigenvalue weighted by Gasteiger charge is -2.26. The Hall–Kier alpha value is -3.93. The minimum absolute atomic E-state index is 0. The van der Waals surface area contributed by atoms with Gasteiger partial charge in [0.25, 0.3) is 0 Å². The summed E-state index contributed by atoms with van der Waals surface area (Å²) >= 11 is 0. The second-order valence-electron chi connectivity index (χ2n) is 17.0. The molecule has 5 rings (SSSR count). The van der Waals surface area contributed by atoms with Gasteiger partial charge >= 0.3 is 0 Å².